The van der Waals surface area contributed by atoms with Crippen LogP contribution in [0.3, 0.4) is 0 Å². The van der Waals surface area contributed by atoms with Crippen LogP contribution in [0.1, 0.15) is 10.4 Å². The first kappa shape index (κ1) is 15.2. The largest absolute Gasteiger partial charge is 0.370 e. The van der Waals surface area contributed by atoms with E-state index in [1.165, 1.54) is 0 Å². The summed E-state index contributed by atoms with van der Waals surface area (Å²) < 4.78 is 0. The zero-order valence-electron chi connectivity index (χ0n) is 12.6. The number of aromatic nitrogens is 1. The summed E-state index contributed by atoms with van der Waals surface area (Å²) in [6, 6.07) is 14.3. The van der Waals surface area contributed by atoms with Gasteiger partial charge in [0.25, 0.3) is 5.91 Å². The number of rotatable bonds is 2. The van der Waals surface area contributed by atoms with Gasteiger partial charge in [-0.25, -0.2) is 4.85 Å². The number of fused-ring (bicyclic) bond motifs is 1. The number of carbonyl (C=O) groups is 1. The van der Waals surface area contributed by atoms with Crippen LogP contribution in [0.4, 0.5) is 5.69 Å². The van der Waals surface area contributed by atoms with E-state index >= 15 is 0 Å². The quantitative estimate of drug-likeness (QED) is 0.431. The van der Waals surface area contributed by atoms with Crippen LogP contribution >= 0.6 is 0 Å². The first-order chi connectivity index (χ1) is 11.6. The van der Waals surface area contributed by atoms with Crippen LogP contribution in [-0.2, 0) is 0 Å². The molecule has 1 amide bonds. The molecule has 24 heavy (non-hydrogen) atoms. The molecule has 1 heterocycles. The highest BCUT2D eigenvalue weighted by Crippen LogP contribution is 2.33. The Labute approximate surface area is 138 Å². The monoisotopic (exact) mass is 315 g/mol. The average Bonchev–Trinajstić information content (AvgIpc) is 2.60. The maximum absolute atomic E-state index is 12.1. The molecule has 0 aliphatic heterocycles. The van der Waals surface area contributed by atoms with Crippen molar-refractivity contribution in [3.05, 3.63) is 71.7 Å². The fourth-order valence-electron chi connectivity index (χ4n) is 2.49. The average molecular weight is 315 g/mol. The minimum absolute atomic E-state index is 0.284. The van der Waals surface area contributed by atoms with Gasteiger partial charge >= 0.3 is 0 Å². The highest BCUT2D eigenvalue weighted by molar-refractivity contribution is 6.06. The topological polar surface area (TPSA) is 98.7 Å². The van der Waals surface area contributed by atoms with Gasteiger partial charge in [-0.2, -0.15) is 4.99 Å². The first-order valence-electron chi connectivity index (χ1n) is 7.10. The zero-order valence-corrected chi connectivity index (χ0v) is 12.6. The summed E-state index contributed by atoms with van der Waals surface area (Å²) in [4.78, 5) is 23.5. The summed E-state index contributed by atoms with van der Waals surface area (Å²) in [5.41, 5.74) is 12.7. The van der Waals surface area contributed by atoms with E-state index in [4.69, 9.17) is 18.0 Å². The number of hydrogen-bond acceptors (Lipinski definition) is 2. The van der Waals surface area contributed by atoms with Crippen LogP contribution in [0.2, 0.25) is 0 Å². The molecule has 0 atom stereocenters. The number of aliphatic imine (C=N–C) groups is 1. The molecule has 3 aromatic rings. The van der Waals surface area contributed by atoms with E-state index < -0.39 is 5.91 Å². The molecule has 3 rings (SSSR count). The molecule has 0 radical (unpaired) electrons. The summed E-state index contributed by atoms with van der Waals surface area (Å²) in [7, 11) is 0. The minimum atomic E-state index is -0.516. The molecule has 0 bridgehead atoms. The molecule has 0 fully saturated rings. The number of benzene rings is 2. The molecule has 2 aromatic carbocycles. The highest BCUT2D eigenvalue weighted by Gasteiger charge is 2.12. The summed E-state index contributed by atoms with van der Waals surface area (Å²) in [5, 5.41) is 1.73. The predicted molar refractivity (Wildman–Crippen MR) is 93.6 cm³/mol. The van der Waals surface area contributed by atoms with Gasteiger partial charge in [-0.15, -0.1) is 0 Å². The minimum Gasteiger partial charge on any atom is -0.370 e. The Hall–Kier alpha value is -3.72. The Bertz CT molecular complexity index is 1010. The maximum atomic E-state index is 12.1. The number of amides is 1. The van der Waals surface area contributed by atoms with Crippen molar-refractivity contribution in [2.75, 3.05) is 0 Å². The molecule has 4 N–H and O–H groups in total. The van der Waals surface area contributed by atoms with E-state index in [1.54, 1.807) is 30.5 Å². The summed E-state index contributed by atoms with van der Waals surface area (Å²) in [6.45, 7) is 7.31. The Balaban J connectivity index is 2.25. The number of carbonyl (C=O) groups excluding carboxylic acids is 1. The maximum Gasteiger partial charge on any atom is 0.280 e. The van der Waals surface area contributed by atoms with E-state index in [1.807, 2.05) is 24.3 Å². The summed E-state index contributed by atoms with van der Waals surface area (Å²) in [6.07, 6.45) is 1.64. The van der Waals surface area contributed by atoms with Gasteiger partial charge in [0.05, 0.1) is 12.3 Å². The fraction of sp³-hybridized carbons (Fsp3) is 0. The van der Waals surface area contributed by atoms with E-state index in [9.17, 15) is 4.79 Å². The van der Waals surface area contributed by atoms with Crippen molar-refractivity contribution in [1.29, 1.82) is 0 Å². The van der Waals surface area contributed by atoms with E-state index in [0.29, 0.717) is 16.9 Å². The number of nitrogens with two attached hydrogens (primary N) is 2. The van der Waals surface area contributed by atoms with Crippen LogP contribution in [0, 0.1) is 6.57 Å². The standard InChI is InChI=1S/C18H13N5O/c1-21-15-6-3-9-22-16(15)13-5-2-4-11-7-8-12(10-14(11)13)17(24)23-18(19)20/h2-10H,(H4,19,20,23,24). The Morgan fingerprint density at radius 3 is 2.71 bits per heavy atom. The second kappa shape index (κ2) is 6.18. The van der Waals surface area contributed by atoms with Crippen LogP contribution in [0.25, 0.3) is 26.9 Å². The third-order valence-electron chi connectivity index (χ3n) is 3.52. The van der Waals surface area contributed by atoms with Crippen molar-refractivity contribution in [2.24, 2.45) is 16.5 Å². The van der Waals surface area contributed by atoms with Gasteiger partial charge in [-0.1, -0.05) is 36.4 Å². The van der Waals surface area contributed by atoms with Gasteiger partial charge in [0, 0.05) is 11.8 Å². The molecule has 6 heteroatoms. The van der Waals surface area contributed by atoms with Crippen molar-refractivity contribution in [2.45, 2.75) is 0 Å². The SMILES string of the molecule is [C-]#[N+]c1cccnc1-c1cccc2ccc(C(=O)N=C(N)N)cc12. The lowest BCUT2D eigenvalue weighted by molar-refractivity contribution is 0.100. The van der Waals surface area contributed by atoms with Crippen molar-refractivity contribution in [3.63, 3.8) is 0 Å². The molecule has 0 saturated heterocycles. The highest BCUT2D eigenvalue weighted by atomic mass is 16.1. The van der Waals surface area contributed by atoms with E-state index in [0.717, 1.165) is 16.3 Å². The smallest absolute Gasteiger partial charge is 0.280 e. The lowest BCUT2D eigenvalue weighted by Gasteiger charge is -2.09. The van der Waals surface area contributed by atoms with Crippen molar-refractivity contribution in [1.82, 2.24) is 4.98 Å². The molecule has 0 unspecified atom stereocenters. The Morgan fingerprint density at radius 2 is 1.96 bits per heavy atom. The van der Waals surface area contributed by atoms with Crippen molar-refractivity contribution >= 4 is 28.3 Å². The third-order valence-corrected chi connectivity index (χ3v) is 3.52. The molecule has 116 valence electrons. The molecule has 0 aliphatic carbocycles. The van der Waals surface area contributed by atoms with E-state index in [2.05, 4.69) is 14.8 Å². The van der Waals surface area contributed by atoms with Crippen LogP contribution < -0.4 is 11.5 Å². The molecule has 0 aliphatic rings. The van der Waals surface area contributed by atoms with E-state index in [-0.39, 0.29) is 5.96 Å². The molecular formula is C18H13N5O. The van der Waals surface area contributed by atoms with Gasteiger partial charge in [0.15, 0.2) is 5.96 Å². The van der Waals surface area contributed by atoms with Crippen molar-refractivity contribution in [3.8, 4) is 11.3 Å². The first-order valence-corrected chi connectivity index (χ1v) is 7.10. The zero-order chi connectivity index (χ0) is 17.1. The number of guanidine groups is 1. The van der Waals surface area contributed by atoms with Crippen molar-refractivity contribution < 1.29 is 4.79 Å². The summed E-state index contributed by atoms with van der Waals surface area (Å²) in [5.74, 6) is -0.800. The van der Waals surface area contributed by atoms with Crippen LogP contribution in [0.15, 0.2) is 59.7 Å². The van der Waals surface area contributed by atoms with Crippen LogP contribution in [0.5, 0.6) is 0 Å². The normalized spacial score (nSPS) is 10.1. The Kier molecular flexibility index (Phi) is 3.91. The second-order valence-electron chi connectivity index (χ2n) is 5.07. The van der Waals surface area contributed by atoms with Gasteiger partial charge in [0.2, 0.25) is 5.69 Å². The van der Waals surface area contributed by atoms with Gasteiger partial charge in [0.1, 0.15) is 0 Å². The lowest BCUT2D eigenvalue weighted by Crippen LogP contribution is -2.24. The summed E-state index contributed by atoms with van der Waals surface area (Å²) >= 11 is 0. The molecular weight excluding hydrogens is 302 g/mol. The fourth-order valence-corrected chi connectivity index (χ4v) is 2.49. The number of hydrogen-bond donors (Lipinski definition) is 2. The molecule has 0 saturated carbocycles. The van der Waals surface area contributed by atoms with Gasteiger partial charge in [-0.05, 0) is 28.5 Å². The molecule has 1 aromatic heterocycles. The second-order valence-corrected chi connectivity index (χ2v) is 5.07. The number of pyridine rings is 1. The van der Waals surface area contributed by atoms with Gasteiger partial charge in [-0.3, -0.25) is 9.78 Å². The Morgan fingerprint density at radius 1 is 1.12 bits per heavy atom. The van der Waals surface area contributed by atoms with Crippen LogP contribution in [-0.4, -0.2) is 16.9 Å². The lowest BCUT2D eigenvalue weighted by atomic mass is 9.98. The third kappa shape index (κ3) is 2.78. The predicted octanol–water partition coefficient (Wildman–Crippen LogP) is 2.87. The molecule has 0 spiro atoms. The van der Waals surface area contributed by atoms with Gasteiger partial charge < -0.3 is 11.5 Å². The molecule has 6 nitrogen and oxygen atoms in total. The number of nitrogens with zero attached hydrogens (tertiary/aromatic N) is 3.